The van der Waals surface area contributed by atoms with Gasteiger partial charge in [0.25, 0.3) is 0 Å². The van der Waals surface area contributed by atoms with Crippen molar-refractivity contribution in [1.82, 2.24) is 9.88 Å². The minimum absolute atomic E-state index is 0.0255. The van der Waals surface area contributed by atoms with Crippen molar-refractivity contribution in [3.8, 4) is 11.1 Å². The van der Waals surface area contributed by atoms with Crippen LogP contribution in [0, 0.1) is 11.6 Å². The fraction of sp³-hybridized carbons (Fsp3) is 0.349. The van der Waals surface area contributed by atoms with Gasteiger partial charge in [-0.1, -0.05) is 81.3 Å². The average Bonchev–Trinajstić information content (AvgIpc) is 3.15. The van der Waals surface area contributed by atoms with E-state index < -0.39 is 23.4 Å². The van der Waals surface area contributed by atoms with E-state index in [9.17, 15) is 26.7 Å². The molecule has 0 fully saturated rings. The predicted octanol–water partition coefficient (Wildman–Crippen LogP) is 10.8. The van der Waals surface area contributed by atoms with Crippen LogP contribution in [0.15, 0.2) is 103 Å². The molecule has 5 rings (SSSR count). The van der Waals surface area contributed by atoms with Crippen molar-refractivity contribution in [2.75, 3.05) is 25.2 Å². The topological polar surface area (TPSA) is 45.7 Å². The van der Waals surface area contributed by atoms with Crippen LogP contribution in [0.4, 0.5) is 27.8 Å². The summed E-state index contributed by atoms with van der Waals surface area (Å²) in [5, 5.41) is 0. The number of ether oxygens (including phenoxy) is 1. The van der Waals surface area contributed by atoms with Gasteiger partial charge in [0, 0.05) is 43.8 Å². The third-order valence-electron chi connectivity index (χ3n) is 9.67. The van der Waals surface area contributed by atoms with Crippen LogP contribution in [0.3, 0.4) is 0 Å². The van der Waals surface area contributed by atoms with E-state index in [1.54, 1.807) is 19.4 Å². The van der Waals surface area contributed by atoms with E-state index in [-0.39, 0.29) is 30.5 Å². The van der Waals surface area contributed by atoms with Gasteiger partial charge in [-0.05, 0) is 96.3 Å². The Balaban J connectivity index is 1.42. The Bertz CT molecular complexity index is 1870. The second-order valence-electron chi connectivity index (χ2n) is 13.4. The van der Waals surface area contributed by atoms with Crippen molar-refractivity contribution in [1.29, 1.82) is 0 Å². The number of fused-ring (bicyclic) bond motifs is 1. The first-order valence-corrected chi connectivity index (χ1v) is 18.1. The number of carbonyl (C=O) groups excluding carboxylic acids is 1. The molecule has 1 aliphatic rings. The summed E-state index contributed by atoms with van der Waals surface area (Å²) in [6, 6.07) is 20.4. The molecule has 3 aromatic carbocycles. The lowest BCUT2D eigenvalue weighted by Crippen LogP contribution is -2.46. The highest BCUT2D eigenvalue weighted by Crippen LogP contribution is 2.36. The van der Waals surface area contributed by atoms with Crippen molar-refractivity contribution in [3.63, 3.8) is 0 Å². The second kappa shape index (κ2) is 18.3. The van der Waals surface area contributed by atoms with Crippen LogP contribution in [-0.2, 0) is 28.7 Å². The van der Waals surface area contributed by atoms with Crippen molar-refractivity contribution in [3.05, 3.63) is 137 Å². The number of aromatic nitrogens is 1. The van der Waals surface area contributed by atoms with Crippen LogP contribution in [0.2, 0.25) is 0 Å². The first kappa shape index (κ1) is 39.4. The summed E-state index contributed by atoms with van der Waals surface area (Å²) >= 11 is 0. The molecule has 2 heterocycles. The Morgan fingerprint density at radius 1 is 0.906 bits per heavy atom. The molecular formula is C43H46F5N3O2. The number of rotatable bonds is 17. The molecule has 0 saturated carbocycles. The Morgan fingerprint density at radius 2 is 1.62 bits per heavy atom. The number of allylic oxidation sites excluding steroid dienone is 3. The van der Waals surface area contributed by atoms with Gasteiger partial charge in [-0.15, -0.1) is 0 Å². The molecule has 1 amide bonds. The largest absolute Gasteiger partial charge is 0.416 e. The van der Waals surface area contributed by atoms with Gasteiger partial charge in [-0.3, -0.25) is 4.79 Å². The molecule has 5 nitrogen and oxygen atoms in total. The summed E-state index contributed by atoms with van der Waals surface area (Å²) in [5.74, 6) is -1.32. The number of anilines is 1. The summed E-state index contributed by atoms with van der Waals surface area (Å²) in [7, 11) is 1.68. The maximum absolute atomic E-state index is 14.7. The number of alkyl halides is 3. The minimum atomic E-state index is -4.41. The maximum Gasteiger partial charge on any atom is 0.416 e. The molecule has 1 unspecified atom stereocenters. The number of hydrogen-bond donors (Lipinski definition) is 0. The van der Waals surface area contributed by atoms with Gasteiger partial charge >= 0.3 is 6.18 Å². The van der Waals surface area contributed by atoms with Crippen molar-refractivity contribution < 1.29 is 31.5 Å². The van der Waals surface area contributed by atoms with Crippen molar-refractivity contribution in [2.24, 2.45) is 0 Å². The van der Waals surface area contributed by atoms with Gasteiger partial charge in [-0.25, -0.2) is 13.8 Å². The highest BCUT2D eigenvalue weighted by molar-refractivity contribution is 5.89. The highest BCUT2D eigenvalue weighted by atomic mass is 19.4. The number of pyridine rings is 1. The van der Waals surface area contributed by atoms with Crippen molar-refractivity contribution in [2.45, 2.75) is 77.1 Å². The quantitative estimate of drug-likeness (QED) is 0.0801. The van der Waals surface area contributed by atoms with Gasteiger partial charge in [0.2, 0.25) is 5.91 Å². The molecule has 1 aromatic heterocycles. The number of hydrogen-bond acceptors (Lipinski definition) is 4. The average molecular weight is 732 g/mol. The molecule has 0 radical (unpaired) electrons. The smallest absolute Gasteiger partial charge is 0.385 e. The van der Waals surface area contributed by atoms with E-state index in [0.29, 0.717) is 31.0 Å². The molecule has 53 heavy (non-hydrogen) atoms. The Morgan fingerprint density at radius 3 is 2.30 bits per heavy atom. The zero-order chi connectivity index (χ0) is 38.0. The van der Waals surface area contributed by atoms with Gasteiger partial charge in [0.05, 0.1) is 5.56 Å². The summed E-state index contributed by atoms with van der Waals surface area (Å²) < 4.78 is 73.3. The molecule has 0 saturated heterocycles. The molecule has 1 atom stereocenters. The van der Waals surface area contributed by atoms with Crippen LogP contribution in [0.5, 0.6) is 0 Å². The zero-order valence-corrected chi connectivity index (χ0v) is 30.3. The molecule has 1 aliphatic heterocycles. The first-order valence-electron chi connectivity index (χ1n) is 18.1. The molecule has 0 bridgehead atoms. The van der Waals surface area contributed by atoms with E-state index in [1.165, 1.54) is 18.2 Å². The zero-order valence-electron chi connectivity index (χ0n) is 30.3. The number of aryl methyl sites for hydroxylation is 1. The summed E-state index contributed by atoms with van der Waals surface area (Å²) in [5.41, 5.74) is 4.09. The first-order chi connectivity index (χ1) is 25.5. The van der Waals surface area contributed by atoms with Crippen LogP contribution in [0.25, 0.3) is 16.7 Å². The SMILES string of the molecule is C=C1C=C(CCc2cccc(F)c2F)N(CC(=O)N(Cc2ccc(-c3ccc(C(F)(F)F)cc3)cc2)C(CCC)CCCCCOC)c2ncccc21. The van der Waals surface area contributed by atoms with Gasteiger partial charge < -0.3 is 14.5 Å². The van der Waals surface area contributed by atoms with E-state index in [0.717, 1.165) is 84.7 Å². The summed E-state index contributed by atoms with van der Waals surface area (Å²) in [6.07, 6.45) is 4.96. The molecule has 10 heteroatoms. The van der Waals surface area contributed by atoms with Crippen LogP contribution >= 0.6 is 0 Å². The van der Waals surface area contributed by atoms with Gasteiger partial charge in [-0.2, -0.15) is 13.2 Å². The fourth-order valence-electron chi connectivity index (χ4n) is 6.83. The van der Waals surface area contributed by atoms with Crippen LogP contribution in [-0.4, -0.2) is 42.1 Å². The normalized spacial score (nSPS) is 13.5. The third-order valence-corrected chi connectivity index (χ3v) is 9.67. The molecular weight excluding hydrogens is 685 g/mol. The molecule has 0 aliphatic carbocycles. The standard InChI is InChI=1S/C43H46F5N3O2/c1-4-10-36(12-6-5-7-26-53-3)50(28-31-15-17-32(18-16-31)33-19-22-35(23-20-33)43(46,47)48)40(52)29-51-37(24-21-34-11-8-14-39(44)41(34)45)27-30(2)38-13-9-25-49-42(38)51/h8-9,11,13-20,22-23,25,27,36H,2,4-7,10,12,21,24,26,28-29H2,1,3H3. The van der Waals surface area contributed by atoms with E-state index in [2.05, 4.69) is 18.5 Å². The Kier molecular flexibility index (Phi) is 13.6. The molecule has 280 valence electrons. The van der Waals surface area contributed by atoms with Crippen LogP contribution < -0.4 is 4.90 Å². The maximum atomic E-state index is 14.7. The minimum Gasteiger partial charge on any atom is -0.385 e. The number of carbonyl (C=O) groups is 1. The summed E-state index contributed by atoms with van der Waals surface area (Å²) in [6.45, 7) is 7.30. The fourth-order valence-corrected chi connectivity index (χ4v) is 6.83. The number of amides is 1. The number of halogens is 5. The van der Waals surface area contributed by atoms with E-state index in [4.69, 9.17) is 4.74 Å². The van der Waals surface area contributed by atoms with Gasteiger partial charge in [0.1, 0.15) is 12.4 Å². The Hall–Kier alpha value is -4.83. The van der Waals surface area contributed by atoms with E-state index >= 15 is 0 Å². The molecule has 0 N–H and O–H groups in total. The van der Waals surface area contributed by atoms with E-state index in [1.807, 2.05) is 52.3 Å². The number of benzene rings is 3. The Labute approximate surface area is 308 Å². The van der Waals surface area contributed by atoms with Crippen LogP contribution in [0.1, 0.15) is 74.1 Å². The second-order valence-corrected chi connectivity index (χ2v) is 13.4. The van der Waals surface area contributed by atoms with Crippen molar-refractivity contribution >= 4 is 17.3 Å². The highest BCUT2D eigenvalue weighted by Gasteiger charge is 2.31. The number of nitrogens with zero attached hydrogens (tertiary/aromatic N) is 3. The lowest BCUT2D eigenvalue weighted by atomic mass is 9.97. The summed E-state index contributed by atoms with van der Waals surface area (Å²) in [4.78, 5) is 23.1. The molecule has 0 spiro atoms. The lowest BCUT2D eigenvalue weighted by Gasteiger charge is -2.37. The predicted molar refractivity (Wildman–Crippen MR) is 200 cm³/mol. The monoisotopic (exact) mass is 731 g/mol. The van der Waals surface area contributed by atoms with Gasteiger partial charge in [0.15, 0.2) is 11.6 Å². The lowest BCUT2D eigenvalue weighted by molar-refractivity contribution is -0.137. The molecule has 4 aromatic rings. The number of unbranched alkanes of at least 4 members (excludes halogenated alkanes) is 2. The number of methoxy groups -OCH3 is 1. The third kappa shape index (κ3) is 10.2.